The van der Waals surface area contributed by atoms with E-state index in [2.05, 4.69) is 16.5 Å². The second-order valence-electron chi connectivity index (χ2n) is 6.19. The summed E-state index contributed by atoms with van der Waals surface area (Å²) in [5.74, 6) is -0.285. The fourth-order valence-electron chi connectivity index (χ4n) is 3.04. The Morgan fingerprint density at radius 2 is 1.93 bits per heavy atom. The van der Waals surface area contributed by atoms with Crippen LogP contribution in [0.1, 0.15) is 32.3 Å². The Labute approximate surface area is 164 Å². The molecule has 138 valence electrons. The second-order valence-corrected chi connectivity index (χ2v) is 7.28. The van der Waals surface area contributed by atoms with Gasteiger partial charge in [-0.25, -0.2) is 9.48 Å². The van der Waals surface area contributed by atoms with Crippen LogP contribution >= 0.6 is 11.8 Å². The Balaban J connectivity index is 1.77. The Morgan fingerprint density at radius 3 is 2.57 bits per heavy atom. The number of carbonyl (C=O) groups is 2. The van der Waals surface area contributed by atoms with E-state index in [4.69, 9.17) is 10.4 Å². The third-order valence-corrected chi connectivity index (χ3v) is 5.71. The Kier molecular flexibility index (Phi) is 4.59. The Hall–Kier alpha value is -3.57. The lowest BCUT2D eigenvalue weighted by Gasteiger charge is -2.14. The van der Waals surface area contributed by atoms with Crippen molar-refractivity contribution in [3.8, 4) is 11.8 Å². The van der Waals surface area contributed by atoms with Crippen LogP contribution in [0.4, 0.5) is 5.82 Å². The van der Waals surface area contributed by atoms with Gasteiger partial charge in [-0.3, -0.25) is 4.79 Å². The normalized spacial score (nSPS) is 15.8. The van der Waals surface area contributed by atoms with E-state index in [1.807, 2.05) is 12.1 Å². The smallest absolute Gasteiger partial charge is 0.335 e. The van der Waals surface area contributed by atoms with Gasteiger partial charge in [0.15, 0.2) is 0 Å². The van der Waals surface area contributed by atoms with Crippen molar-refractivity contribution in [2.24, 2.45) is 0 Å². The summed E-state index contributed by atoms with van der Waals surface area (Å²) in [6, 6.07) is 15.7. The van der Waals surface area contributed by atoms with Crippen molar-refractivity contribution in [3.63, 3.8) is 0 Å². The van der Waals surface area contributed by atoms with Crippen molar-refractivity contribution in [3.05, 3.63) is 77.0 Å². The van der Waals surface area contributed by atoms with Crippen LogP contribution in [0.5, 0.6) is 0 Å². The van der Waals surface area contributed by atoms with Crippen LogP contribution in [0.2, 0.25) is 0 Å². The highest BCUT2D eigenvalue weighted by molar-refractivity contribution is 8.00. The van der Waals surface area contributed by atoms with Crippen LogP contribution in [0.15, 0.2) is 54.7 Å². The monoisotopic (exact) mass is 390 g/mol. The minimum atomic E-state index is -1.00. The molecule has 1 amide bonds. The first-order valence-corrected chi connectivity index (χ1v) is 9.45. The molecule has 7 nitrogen and oxygen atoms in total. The fraction of sp³-hybridized carbons (Fsp3) is 0.100. The highest BCUT2D eigenvalue weighted by Crippen LogP contribution is 2.42. The molecule has 0 saturated heterocycles. The molecule has 0 spiro atoms. The number of anilines is 1. The molecule has 1 aliphatic heterocycles. The van der Waals surface area contributed by atoms with Crippen LogP contribution in [-0.4, -0.2) is 32.5 Å². The molecule has 2 N–H and O–H groups in total. The summed E-state index contributed by atoms with van der Waals surface area (Å²) in [6.07, 6.45) is 1.71. The van der Waals surface area contributed by atoms with E-state index in [1.54, 1.807) is 35.1 Å². The summed E-state index contributed by atoms with van der Waals surface area (Å²) in [6.45, 7) is 0. The zero-order valence-electron chi connectivity index (χ0n) is 14.5. The van der Waals surface area contributed by atoms with E-state index in [-0.39, 0.29) is 22.5 Å². The predicted octanol–water partition coefficient (Wildman–Crippen LogP) is 3.22. The van der Waals surface area contributed by atoms with Crippen molar-refractivity contribution in [2.45, 2.75) is 5.25 Å². The van der Waals surface area contributed by atoms with Gasteiger partial charge in [0.25, 0.3) is 0 Å². The molecule has 0 radical (unpaired) electrons. The van der Waals surface area contributed by atoms with Gasteiger partial charge < -0.3 is 10.4 Å². The number of carbonyl (C=O) groups excluding carboxylic acids is 1. The van der Waals surface area contributed by atoms with Gasteiger partial charge in [-0.15, -0.1) is 11.8 Å². The van der Waals surface area contributed by atoms with E-state index in [9.17, 15) is 9.59 Å². The van der Waals surface area contributed by atoms with Crippen LogP contribution in [0.3, 0.4) is 0 Å². The van der Waals surface area contributed by atoms with Gasteiger partial charge in [-0.1, -0.05) is 12.1 Å². The maximum atomic E-state index is 12.3. The van der Waals surface area contributed by atoms with E-state index < -0.39 is 5.97 Å². The molecule has 1 atom stereocenters. The number of nitrogens with zero attached hydrogens (tertiary/aromatic N) is 3. The van der Waals surface area contributed by atoms with Gasteiger partial charge in [-0.05, 0) is 42.0 Å². The van der Waals surface area contributed by atoms with Gasteiger partial charge in [0.05, 0.1) is 40.1 Å². The van der Waals surface area contributed by atoms with Crippen molar-refractivity contribution in [2.75, 3.05) is 11.1 Å². The molecule has 0 unspecified atom stereocenters. The van der Waals surface area contributed by atoms with E-state index >= 15 is 0 Å². The van der Waals surface area contributed by atoms with E-state index in [0.717, 1.165) is 11.1 Å². The van der Waals surface area contributed by atoms with Crippen LogP contribution in [0.25, 0.3) is 5.69 Å². The average molecular weight is 390 g/mol. The summed E-state index contributed by atoms with van der Waals surface area (Å²) in [5.41, 5.74) is 3.23. The molecule has 2 heterocycles. The van der Waals surface area contributed by atoms with Crippen LogP contribution < -0.4 is 5.32 Å². The standard InChI is InChI=1S/C20H14N4O3S/c21-9-12-1-3-13(4-2-12)18-16-10-22-24(19(16)23-17(25)11-28-18)15-7-5-14(6-8-15)20(26)27/h1-8,10,18H,11H2,(H,23,25)(H,26,27)/t18-/m0/s1. The number of nitrogens with one attached hydrogen (secondary N) is 1. The molecular weight excluding hydrogens is 376 g/mol. The molecule has 0 aliphatic carbocycles. The first-order valence-electron chi connectivity index (χ1n) is 8.40. The lowest BCUT2D eigenvalue weighted by Crippen LogP contribution is -2.15. The molecule has 1 aliphatic rings. The number of aromatic nitrogens is 2. The third kappa shape index (κ3) is 3.23. The summed E-state index contributed by atoms with van der Waals surface area (Å²) < 4.78 is 1.60. The summed E-state index contributed by atoms with van der Waals surface area (Å²) in [5, 5.41) is 25.3. The lowest BCUT2D eigenvalue weighted by molar-refractivity contribution is -0.113. The van der Waals surface area contributed by atoms with E-state index in [0.29, 0.717) is 17.1 Å². The highest BCUT2D eigenvalue weighted by atomic mass is 32.2. The maximum absolute atomic E-state index is 12.3. The maximum Gasteiger partial charge on any atom is 0.335 e. The van der Waals surface area contributed by atoms with Crippen molar-refractivity contribution in [1.29, 1.82) is 5.26 Å². The number of amides is 1. The third-order valence-electron chi connectivity index (χ3n) is 4.42. The number of hydrogen-bond donors (Lipinski definition) is 2. The molecule has 0 bridgehead atoms. The Bertz CT molecular complexity index is 1100. The van der Waals surface area contributed by atoms with Crippen molar-refractivity contribution >= 4 is 29.5 Å². The molecule has 1 aromatic heterocycles. The van der Waals surface area contributed by atoms with Crippen molar-refractivity contribution < 1.29 is 14.7 Å². The fourth-order valence-corrected chi connectivity index (χ4v) is 4.14. The van der Waals surface area contributed by atoms with Gasteiger partial charge in [0.1, 0.15) is 5.82 Å². The molecule has 8 heteroatoms. The van der Waals surface area contributed by atoms with Crippen LogP contribution in [0, 0.1) is 11.3 Å². The molecule has 0 saturated carbocycles. The Morgan fingerprint density at radius 1 is 1.21 bits per heavy atom. The molecule has 2 aromatic carbocycles. The summed E-state index contributed by atoms with van der Waals surface area (Å²) in [4.78, 5) is 23.3. The zero-order valence-corrected chi connectivity index (χ0v) is 15.3. The number of carboxylic acids is 1. The van der Waals surface area contributed by atoms with Gasteiger partial charge >= 0.3 is 5.97 Å². The van der Waals surface area contributed by atoms with Gasteiger partial charge in [0.2, 0.25) is 5.91 Å². The number of carboxylic acid groups (broad SMARTS) is 1. The quantitative estimate of drug-likeness (QED) is 0.711. The molecule has 0 fully saturated rings. The first kappa shape index (κ1) is 17.8. The van der Waals surface area contributed by atoms with E-state index in [1.165, 1.54) is 23.9 Å². The number of aromatic carboxylic acids is 1. The molecule has 3 aromatic rings. The van der Waals surface area contributed by atoms with Crippen LogP contribution in [-0.2, 0) is 4.79 Å². The average Bonchev–Trinajstić information content (AvgIpc) is 3.04. The first-order chi connectivity index (χ1) is 13.6. The summed E-state index contributed by atoms with van der Waals surface area (Å²) in [7, 11) is 0. The number of fused-ring (bicyclic) bond motifs is 1. The lowest BCUT2D eigenvalue weighted by atomic mass is 10.0. The second kappa shape index (κ2) is 7.21. The van der Waals surface area contributed by atoms with Gasteiger partial charge in [0, 0.05) is 5.56 Å². The number of rotatable bonds is 3. The highest BCUT2D eigenvalue weighted by Gasteiger charge is 2.28. The topological polar surface area (TPSA) is 108 Å². The number of nitriles is 1. The summed E-state index contributed by atoms with van der Waals surface area (Å²) >= 11 is 1.49. The van der Waals surface area contributed by atoms with Gasteiger partial charge in [-0.2, -0.15) is 10.4 Å². The molecule has 4 rings (SSSR count). The number of benzene rings is 2. The zero-order chi connectivity index (χ0) is 19.7. The predicted molar refractivity (Wildman–Crippen MR) is 105 cm³/mol. The minimum absolute atomic E-state index is 0.117. The molecular formula is C20H14N4O3S. The number of thioether (sulfide) groups is 1. The minimum Gasteiger partial charge on any atom is -0.478 e. The number of hydrogen-bond acceptors (Lipinski definition) is 5. The largest absolute Gasteiger partial charge is 0.478 e. The molecule has 28 heavy (non-hydrogen) atoms. The van der Waals surface area contributed by atoms with Crippen molar-refractivity contribution in [1.82, 2.24) is 9.78 Å². The SMILES string of the molecule is N#Cc1ccc([C@@H]2SCC(=O)Nc3c2cnn3-c2ccc(C(=O)O)cc2)cc1.